The minimum Gasteiger partial charge on any atom is -0.369 e. The van der Waals surface area contributed by atoms with Crippen molar-refractivity contribution in [3.05, 3.63) is 16.6 Å². The smallest absolute Gasteiger partial charge is 0.226 e. The molecule has 1 aliphatic carbocycles. The lowest BCUT2D eigenvalue weighted by molar-refractivity contribution is -0.133. The molecule has 5 nitrogen and oxygen atoms in total. The van der Waals surface area contributed by atoms with Gasteiger partial charge in [0.1, 0.15) is 0 Å². The van der Waals surface area contributed by atoms with E-state index < -0.39 is 0 Å². The van der Waals surface area contributed by atoms with E-state index in [1.54, 1.807) is 11.3 Å². The summed E-state index contributed by atoms with van der Waals surface area (Å²) in [6.45, 7) is 1.59. The molecule has 1 aliphatic heterocycles. The van der Waals surface area contributed by atoms with Crippen LogP contribution in [-0.4, -0.2) is 34.8 Å². The molecule has 2 heterocycles. The molecule has 1 saturated heterocycles. The summed E-state index contributed by atoms with van der Waals surface area (Å²) in [6.07, 6.45) is 4.44. The highest BCUT2D eigenvalue weighted by atomic mass is 32.1. The zero-order valence-corrected chi connectivity index (χ0v) is 11.4. The molecule has 102 valence electrons. The first-order valence-corrected chi connectivity index (χ1v) is 7.49. The SMILES string of the molecule is NC(=O)[C@@H]1C[C@@H]1C(=O)N1CCC(Cc2nccs2)C1. The Hall–Kier alpha value is -1.43. The highest BCUT2D eigenvalue weighted by molar-refractivity contribution is 7.09. The second-order valence-corrected chi connectivity index (χ2v) is 6.40. The third-order valence-electron chi connectivity index (χ3n) is 4.02. The highest BCUT2D eigenvalue weighted by Crippen LogP contribution is 2.40. The molecule has 1 aromatic heterocycles. The number of carbonyl (C=O) groups is 2. The van der Waals surface area contributed by atoms with Gasteiger partial charge in [-0.1, -0.05) is 0 Å². The lowest BCUT2D eigenvalue weighted by Crippen LogP contribution is -2.31. The third kappa shape index (κ3) is 2.63. The fraction of sp³-hybridized carbons (Fsp3) is 0.615. The van der Waals surface area contributed by atoms with Gasteiger partial charge in [0, 0.05) is 31.1 Å². The Morgan fingerprint density at radius 3 is 2.95 bits per heavy atom. The number of nitrogens with two attached hydrogens (primary N) is 1. The number of nitrogens with zero attached hydrogens (tertiary/aromatic N) is 2. The second kappa shape index (κ2) is 4.92. The van der Waals surface area contributed by atoms with Gasteiger partial charge < -0.3 is 10.6 Å². The van der Waals surface area contributed by atoms with Crippen molar-refractivity contribution in [2.75, 3.05) is 13.1 Å². The first-order chi connectivity index (χ1) is 9.15. The van der Waals surface area contributed by atoms with E-state index in [0.29, 0.717) is 12.3 Å². The lowest BCUT2D eigenvalue weighted by atomic mass is 10.1. The number of likely N-dealkylation sites (tertiary alicyclic amines) is 1. The molecule has 1 saturated carbocycles. The van der Waals surface area contributed by atoms with Crippen LogP contribution in [0.4, 0.5) is 0 Å². The number of aromatic nitrogens is 1. The maximum atomic E-state index is 12.2. The van der Waals surface area contributed by atoms with Gasteiger partial charge in [0.25, 0.3) is 0 Å². The molecule has 0 radical (unpaired) electrons. The van der Waals surface area contributed by atoms with Crippen LogP contribution >= 0.6 is 11.3 Å². The van der Waals surface area contributed by atoms with Crippen LogP contribution < -0.4 is 5.73 Å². The molecule has 19 heavy (non-hydrogen) atoms. The minimum absolute atomic E-state index is 0.116. The summed E-state index contributed by atoms with van der Waals surface area (Å²) in [5.74, 6) is -0.0789. The van der Waals surface area contributed by atoms with Gasteiger partial charge in [-0.05, 0) is 18.8 Å². The zero-order valence-electron chi connectivity index (χ0n) is 10.6. The minimum atomic E-state index is -0.336. The van der Waals surface area contributed by atoms with Crippen LogP contribution in [0.15, 0.2) is 11.6 Å². The summed E-state index contributed by atoms with van der Waals surface area (Å²) < 4.78 is 0. The van der Waals surface area contributed by atoms with Gasteiger partial charge >= 0.3 is 0 Å². The fourth-order valence-electron chi connectivity index (χ4n) is 2.82. The number of hydrogen-bond acceptors (Lipinski definition) is 4. The largest absolute Gasteiger partial charge is 0.369 e. The zero-order chi connectivity index (χ0) is 13.4. The van der Waals surface area contributed by atoms with Crippen molar-refractivity contribution in [2.24, 2.45) is 23.5 Å². The van der Waals surface area contributed by atoms with Crippen molar-refractivity contribution in [2.45, 2.75) is 19.3 Å². The standard InChI is InChI=1S/C13H17N3O2S/c14-12(17)9-6-10(9)13(18)16-3-1-8(7-16)5-11-15-2-4-19-11/h2,4,8-10H,1,3,5-7H2,(H2,14,17)/t8?,9-,10+/m1/s1. The molecule has 0 spiro atoms. The van der Waals surface area contributed by atoms with Crippen LogP contribution in [0.1, 0.15) is 17.8 Å². The van der Waals surface area contributed by atoms with Gasteiger partial charge in [0.2, 0.25) is 11.8 Å². The summed E-state index contributed by atoms with van der Waals surface area (Å²) in [5.41, 5.74) is 5.23. The summed E-state index contributed by atoms with van der Waals surface area (Å²) in [5, 5.41) is 3.12. The third-order valence-corrected chi connectivity index (χ3v) is 4.82. The van der Waals surface area contributed by atoms with E-state index >= 15 is 0 Å². The summed E-state index contributed by atoms with van der Waals surface area (Å²) >= 11 is 1.67. The van der Waals surface area contributed by atoms with Crippen molar-refractivity contribution in [1.82, 2.24) is 9.88 Å². The van der Waals surface area contributed by atoms with Crippen molar-refractivity contribution in [3.63, 3.8) is 0 Å². The van der Waals surface area contributed by atoms with Crippen LogP contribution in [0.5, 0.6) is 0 Å². The highest BCUT2D eigenvalue weighted by Gasteiger charge is 2.49. The Kier molecular flexibility index (Phi) is 3.26. The molecular formula is C13H17N3O2S. The van der Waals surface area contributed by atoms with E-state index in [2.05, 4.69) is 4.98 Å². The molecule has 1 aromatic rings. The van der Waals surface area contributed by atoms with Crippen LogP contribution in [0.2, 0.25) is 0 Å². The predicted octanol–water partition coefficient (Wildman–Crippen LogP) is 0.655. The Morgan fingerprint density at radius 2 is 2.32 bits per heavy atom. The quantitative estimate of drug-likeness (QED) is 0.879. The van der Waals surface area contributed by atoms with Crippen LogP contribution in [-0.2, 0) is 16.0 Å². The molecule has 6 heteroatoms. The monoisotopic (exact) mass is 279 g/mol. The maximum absolute atomic E-state index is 12.2. The molecule has 2 amide bonds. The molecule has 2 N–H and O–H groups in total. The second-order valence-electron chi connectivity index (χ2n) is 5.42. The van der Waals surface area contributed by atoms with Gasteiger partial charge in [-0.15, -0.1) is 11.3 Å². The number of primary amides is 1. The van der Waals surface area contributed by atoms with Gasteiger partial charge in [0.05, 0.1) is 16.8 Å². The average molecular weight is 279 g/mol. The van der Waals surface area contributed by atoms with E-state index in [-0.39, 0.29) is 23.7 Å². The predicted molar refractivity (Wildman–Crippen MR) is 71.3 cm³/mol. The van der Waals surface area contributed by atoms with E-state index in [4.69, 9.17) is 5.73 Å². The fourth-order valence-corrected chi connectivity index (χ4v) is 3.55. The van der Waals surface area contributed by atoms with Gasteiger partial charge in [0.15, 0.2) is 0 Å². The van der Waals surface area contributed by atoms with Gasteiger partial charge in [-0.2, -0.15) is 0 Å². The molecular weight excluding hydrogens is 262 g/mol. The van der Waals surface area contributed by atoms with Crippen molar-refractivity contribution < 1.29 is 9.59 Å². The van der Waals surface area contributed by atoms with Gasteiger partial charge in [-0.25, -0.2) is 4.98 Å². The van der Waals surface area contributed by atoms with E-state index in [1.807, 2.05) is 16.5 Å². The first kappa shape index (κ1) is 12.6. The summed E-state index contributed by atoms with van der Waals surface area (Å²) in [6, 6.07) is 0. The number of rotatable bonds is 4. The molecule has 1 unspecified atom stereocenters. The van der Waals surface area contributed by atoms with Crippen LogP contribution in [0.3, 0.4) is 0 Å². The average Bonchev–Trinajstić information content (AvgIpc) is 2.80. The van der Waals surface area contributed by atoms with Crippen molar-refractivity contribution in [1.29, 1.82) is 0 Å². The number of thiazole rings is 1. The molecule has 2 aliphatic rings. The van der Waals surface area contributed by atoms with Gasteiger partial charge in [-0.3, -0.25) is 9.59 Å². The Labute approximate surface area is 115 Å². The Balaban J connectivity index is 1.52. The van der Waals surface area contributed by atoms with Crippen LogP contribution in [0, 0.1) is 17.8 Å². The first-order valence-electron chi connectivity index (χ1n) is 6.61. The maximum Gasteiger partial charge on any atom is 0.226 e. The molecule has 3 atom stereocenters. The van der Waals surface area contributed by atoms with Crippen molar-refractivity contribution in [3.8, 4) is 0 Å². The molecule has 3 rings (SSSR count). The number of amides is 2. The lowest BCUT2D eigenvalue weighted by Gasteiger charge is -2.16. The molecule has 0 aromatic carbocycles. The van der Waals surface area contributed by atoms with Crippen molar-refractivity contribution >= 4 is 23.2 Å². The topological polar surface area (TPSA) is 76.3 Å². The normalized spacial score (nSPS) is 29.5. The summed E-state index contributed by atoms with van der Waals surface area (Å²) in [7, 11) is 0. The van der Waals surface area contributed by atoms with E-state index in [1.165, 1.54) is 0 Å². The number of hydrogen-bond donors (Lipinski definition) is 1. The van der Waals surface area contributed by atoms with Crippen LogP contribution in [0.25, 0.3) is 0 Å². The summed E-state index contributed by atoms with van der Waals surface area (Å²) in [4.78, 5) is 29.4. The molecule has 2 fully saturated rings. The Morgan fingerprint density at radius 1 is 1.47 bits per heavy atom. The molecule has 0 bridgehead atoms. The Bertz CT molecular complexity index is 488. The van der Waals surface area contributed by atoms with E-state index in [0.717, 1.165) is 30.9 Å². The number of carbonyl (C=O) groups excluding carboxylic acids is 2. The van der Waals surface area contributed by atoms with E-state index in [9.17, 15) is 9.59 Å².